The monoisotopic (exact) mass is 106 g/mol. The van der Waals surface area contributed by atoms with Gasteiger partial charge in [-0.3, -0.25) is 4.99 Å². The maximum atomic E-state index is 3.80. The number of hydrogen-bond acceptors (Lipinski definition) is 4. The molecule has 2 aliphatic heterocycles. The van der Waals surface area contributed by atoms with E-state index in [-0.39, 0.29) is 0 Å². The van der Waals surface area contributed by atoms with Crippen LogP contribution in [0, 0.1) is 0 Å². The van der Waals surface area contributed by atoms with Crippen LogP contribution in [-0.2, 0) is 0 Å². The van der Waals surface area contributed by atoms with Gasteiger partial charge in [-0.25, -0.2) is 0 Å². The number of hydrogen-bond donors (Lipinski definition) is 0. The predicted molar refractivity (Wildman–Crippen MR) is 28.9 cm³/mol. The van der Waals surface area contributed by atoms with E-state index in [0.717, 1.165) is 11.4 Å². The van der Waals surface area contributed by atoms with Crippen molar-refractivity contribution in [2.24, 2.45) is 20.4 Å². The van der Waals surface area contributed by atoms with Crippen LogP contribution in [0.15, 0.2) is 32.3 Å². The lowest BCUT2D eigenvalue weighted by Crippen LogP contribution is -1.91. The Morgan fingerprint density at radius 2 is 2.38 bits per heavy atom. The molecule has 0 aromatic rings. The molecule has 2 heterocycles. The lowest BCUT2D eigenvalue weighted by molar-refractivity contribution is 1.09. The first-order valence-electron chi connectivity index (χ1n) is 2.19. The molecule has 4 heteroatoms. The minimum Gasteiger partial charge on any atom is -0.260 e. The van der Waals surface area contributed by atoms with E-state index in [2.05, 4.69) is 20.4 Å². The van der Waals surface area contributed by atoms with Crippen molar-refractivity contribution in [3.8, 4) is 0 Å². The molecule has 0 radical (unpaired) electrons. The zero-order valence-electron chi connectivity index (χ0n) is 3.94. The quantitative estimate of drug-likeness (QED) is 0.437. The van der Waals surface area contributed by atoms with Gasteiger partial charge in [0.15, 0.2) is 0 Å². The van der Waals surface area contributed by atoms with Gasteiger partial charge in [0, 0.05) is 0 Å². The van der Waals surface area contributed by atoms with Gasteiger partial charge in [-0.1, -0.05) is 0 Å². The Balaban J connectivity index is 2.59. The molecule has 0 aromatic carbocycles. The molecule has 0 spiro atoms. The highest BCUT2D eigenvalue weighted by atomic mass is 15.4. The third kappa shape index (κ3) is 0.294. The van der Waals surface area contributed by atoms with Crippen LogP contribution in [-0.4, -0.2) is 11.9 Å². The summed E-state index contributed by atoms with van der Waals surface area (Å²) >= 11 is 0. The fourth-order valence-electron chi connectivity index (χ4n) is 0.584. The summed E-state index contributed by atoms with van der Waals surface area (Å²) < 4.78 is 0. The van der Waals surface area contributed by atoms with Crippen molar-refractivity contribution < 1.29 is 0 Å². The SMILES string of the molecule is C1=NC=C2N=NN=C12. The van der Waals surface area contributed by atoms with Crippen molar-refractivity contribution in [3.05, 3.63) is 11.9 Å². The Labute approximate surface area is 45.3 Å². The molecular weight excluding hydrogens is 104 g/mol. The van der Waals surface area contributed by atoms with E-state index in [1.807, 2.05) is 0 Å². The molecule has 2 rings (SSSR count). The van der Waals surface area contributed by atoms with Gasteiger partial charge in [-0.05, 0) is 5.22 Å². The summed E-state index contributed by atoms with van der Waals surface area (Å²) in [4.78, 5) is 3.80. The van der Waals surface area contributed by atoms with Gasteiger partial charge >= 0.3 is 0 Å². The highest BCUT2D eigenvalue weighted by Crippen LogP contribution is 2.12. The van der Waals surface area contributed by atoms with Crippen LogP contribution in [0.4, 0.5) is 0 Å². The lowest BCUT2D eigenvalue weighted by Gasteiger charge is -1.74. The second-order valence-corrected chi connectivity index (χ2v) is 1.47. The Morgan fingerprint density at radius 1 is 1.38 bits per heavy atom. The molecule has 38 valence electrons. The van der Waals surface area contributed by atoms with E-state index in [1.165, 1.54) is 0 Å². The van der Waals surface area contributed by atoms with Crippen molar-refractivity contribution in [2.45, 2.75) is 0 Å². The van der Waals surface area contributed by atoms with Gasteiger partial charge in [0.2, 0.25) is 0 Å². The lowest BCUT2D eigenvalue weighted by atomic mass is 10.4. The van der Waals surface area contributed by atoms with Crippen LogP contribution < -0.4 is 0 Å². The summed E-state index contributed by atoms with van der Waals surface area (Å²) in [5.41, 5.74) is 1.54. The molecule has 0 amide bonds. The van der Waals surface area contributed by atoms with Gasteiger partial charge < -0.3 is 0 Å². The molecule has 0 bridgehead atoms. The van der Waals surface area contributed by atoms with E-state index < -0.39 is 0 Å². The Hall–Kier alpha value is -1.32. The topological polar surface area (TPSA) is 49.4 Å². The summed E-state index contributed by atoms with van der Waals surface area (Å²) in [5.74, 6) is 0. The normalized spacial score (nSPS) is 21.0. The van der Waals surface area contributed by atoms with E-state index in [0.29, 0.717) is 0 Å². The predicted octanol–water partition coefficient (Wildman–Crippen LogP) is 0.734. The zero-order chi connectivity index (χ0) is 5.40. The number of nitrogens with zero attached hydrogens (tertiary/aromatic N) is 4. The molecule has 2 aliphatic rings. The molecule has 0 saturated carbocycles. The van der Waals surface area contributed by atoms with Gasteiger partial charge in [-0.15, -0.1) is 10.2 Å². The van der Waals surface area contributed by atoms with Crippen molar-refractivity contribution in [2.75, 3.05) is 0 Å². The van der Waals surface area contributed by atoms with Crippen LogP contribution >= 0.6 is 0 Å². The first-order chi connectivity index (χ1) is 3.97. The second-order valence-electron chi connectivity index (χ2n) is 1.47. The van der Waals surface area contributed by atoms with Gasteiger partial charge in [-0.2, -0.15) is 0 Å². The maximum Gasteiger partial charge on any atom is 0.135 e. The first kappa shape index (κ1) is 3.65. The van der Waals surface area contributed by atoms with Crippen molar-refractivity contribution >= 4 is 11.9 Å². The van der Waals surface area contributed by atoms with Crippen LogP contribution in [0.3, 0.4) is 0 Å². The average Bonchev–Trinajstić information content (AvgIpc) is 2.15. The standard InChI is InChI=1S/C4H2N4/c1-3-4(2-5-1)7-8-6-3/h1-2H. The zero-order valence-corrected chi connectivity index (χ0v) is 3.94. The molecule has 0 atom stereocenters. The number of fused-ring (bicyclic) bond motifs is 1. The van der Waals surface area contributed by atoms with Crippen LogP contribution in [0.5, 0.6) is 0 Å². The van der Waals surface area contributed by atoms with Crippen molar-refractivity contribution in [1.29, 1.82) is 0 Å². The molecule has 4 nitrogen and oxygen atoms in total. The summed E-state index contributed by atoms with van der Waals surface area (Å²) in [6, 6.07) is 0. The molecule has 0 aliphatic carbocycles. The molecule has 0 unspecified atom stereocenters. The molecule has 0 aromatic heterocycles. The Morgan fingerprint density at radius 3 is 3.25 bits per heavy atom. The summed E-state index contributed by atoms with van der Waals surface area (Å²) in [5, 5.41) is 10.7. The third-order valence-electron chi connectivity index (χ3n) is 0.961. The van der Waals surface area contributed by atoms with E-state index in [4.69, 9.17) is 0 Å². The highest BCUT2D eigenvalue weighted by Gasteiger charge is 2.12. The molecule has 0 N–H and O–H groups in total. The van der Waals surface area contributed by atoms with Gasteiger partial charge in [0.05, 0.1) is 12.4 Å². The fourth-order valence-corrected chi connectivity index (χ4v) is 0.584. The number of rotatable bonds is 0. The van der Waals surface area contributed by atoms with Crippen molar-refractivity contribution in [3.63, 3.8) is 0 Å². The molecule has 0 fully saturated rings. The minimum absolute atomic E-state index is 0.769. The minimum atomic E-state index is 0.769. The summed E-state index contributed by atoms with van der Waals surface area (Å²) in [7, 11) is 0. The van der Waals surface area contributed by atoms with Gasteiger partial charge in [0.1, 0.15) is 11.4 Å². The van der Waals surface area contributed by atoms with Crippen LogP contribution in [0.1, 0.15) is 0 Å². The molecule has 0 saturated heterocycles. The first-order valence-corrected chi connectivity index (χ1v) is 2.19. The van der Waals surface area contributed by atoms with E-state index in [9.17, 15) is 0 Å². The average molecular weight is 106 g/mol. The van der Waals surface area contributed by atoms with Crippen LogP contribution in [0.2, 0.25) is 0 Å². The largest absolute Gasteiger partial charge is 0.260 e. The number of allylic oxidation sites excluding steroid dienone is 1. The van der Waals surface area contributed by atoms with Crippen molar-refractivity contribution in [1.82, 2.24) is 0 Å². The van der Waals surface area contributed by atoms with E-state index in [1.54, 1.807) is 12.4 Å². The fraction of sp³-hybridized carbons (Fsp3) is 0. The second kappa shape index (κ2) is 1.09. The molecular formula is C4H2N4. The van der Waals surface area contributed by atoms with Gasteiger partial charge in [0.25, 0.3) is 0 Å². The molecule has 8 heavy (non-hydrogen) atoms. The smallest absolute Gasteiger partial charge is 0.135 e. The highest BCUT2D eigenvalue weighted by molar-refractivity contribution is 6.40. The van der Waals surface area contributed by atoms with E-state index >= 15 is 0 Å². The summed E-state index contributed by atoms with van der Waals surface area (Å²) in [6.07, 6.45) is 3.27. The van der Waals surface area contributed by atoms with Crippen LogP contribution in [0.25, 0.3) is 0 Å². The Kier molecular flexibility index (Phi) is 0.498. The summed E-state index contributed by atoms with van der Waals surface area (Å²) in [6.45, 7) is 0. The maximum absolute atomic E-state index is 3.80. The third-order valence-corrected chi connectivity index (χ3v) is 0.961. The number of aliphatic imine (C=N–C) groups is 1. The Bertz CT molecular complexity index is 206.